The Bertz CT molecular complexity index is 908. The van der Waals surface area contributed by atoms with Crippen molar-refractivity contribution in [2.24, 2.45) is 0 Å². The first-order valence-corrected chi connectivity index (χ1v) is 7.72. The summed E-state index contributed by atoms with van der Waals surface area (Å²) in [5.74, 6) is 0. The zero-order chi connectivity index (χ0) is 15.1. The maximum atomic E-state index is 12.9. The van der Waals surface area contributed by atoms with E-state index in [4.69, 9.17) is 4.74 Å². The predicted octanol–water partition coefficient (Wildman–Crippen LogP) is 3.21. The van der Waals surface area contributed by atoms with E-state index in [1.165, 1.54) is 0 Å². The van der Waals surface area contributed by atoms with Crippen LogP contribution in [0.5, 0.6) is 0 Å². The molecule has 3 aromatic rings. The van der Waals surface area contributed by atoms with Crippen LogP contribution in [0, 0.1) is 6.92 Å². The lowest BCUT2D eigenvalue weighted by atomic mass is 10.0. The number of hydrogen-bond donors (Lipinski definition) is 0. The number of fused-ring (bicyclic) bond motifs is 3. The van der Waals surface area contributed by atoms with Crippen molar-refractivity contribution in [1.29, 1.82) is 0 Å². The fourth-order valence-electron chi connectivity index (χ4n) is 3.38. The Hall–Kier alpha value is -2.20. The van der Waals surface area contributed by atoms with Gasteiger partial charge in [-0.15, -0.1) is 0 Å². The van der Waals surface area contributed by atoms with Crippen LogP contribution in [0.2, 0.25) is 0 Å². The van der Waals surface area contributed by atoms with Crippen LogP contribution < -0.4 is 5.56 Å². The average molecular weight is 294 g/mol. The van der Waals surface area contributed by atoms with Gasteiger partial charge in [0.2, 0.25) is 0 Å². The Morgan fingerprint density at radius 1 is 1.14 bits per heavy atom. The van der Waals surface area contributed by atoms with Crippen molar-refractivity contribution in [3.05, 3.63) is 52.6 Å². The van der Waals surface area contributed by atoms with Crippen LogP contribution in [0.3, 0.4) is 0 Å². The summed E-state index contributed by atoms with van der Waals surface area (Å²) in [6, 6.07) is 10.3. The second kappa shape index (κ2) is 5.21. The summed E-state index contributed by atoms with van der Waals surface area (Å²) in [4.78, 5) is 17.5. The molecule has 1 aliphatic rings. The van der Waals surface area contributed by atoms with E-state index in [0.717, 1.165) is 34.7 Å². The minimum absolute atomic E-state index is 0.0609. The van der Waals surface area contributed by atoms with E-state index in [0.29, 0.717) is 18.6 Å². The number of rotatable bonds is 1. The van der Waals surface area contributed by atoms with Gasteiger partial charge in [-0.1, -0.05) is 24.3 Å². The minimum Gasteiger partial charge on any atom is -0.381 e. The topological polar surface area (TPSA) is 44.1 Å². The molecule has 112 valence electrons. The molecule has 0 unspecified atom stereocenters. The highest BCUT2D eigenvalue weighted by Gasteiger charge is 2.18. The zero-order valence-corrected chi connectivity index (χ0v) is 12.6. The third-order valence-electron chi connectivity index (χ3n) is 4.58. The molecule has 0 radical (unpaired) electrons. The minimum atomic E-state index is 0.0609. The summed E-state index contributed by atoms with van der Waals surface area (Å²) < 4.78 is 7.18. The van der Waals surface area contributed by atoms with Crippen LogP contribution in [0.25, 0.3) is 21.7 Å². The molecule has 1 fully saturated rings. The Morgan fingerprint density at radius 2 is 1.86 bits per heavy atom. The largest absolute Gasteiger partial charge is 0.381 e. The van der Waals surface area contributed by atoms with Crippen LogP contribution >= 0.6 is 0 Å². The zero-order valence-electron chi connectivity index (χ0n) is 12.6. The molecule has 4 nitrogen and oxygen atoms in total. The smallest absolute Gasteiger partial charge is 0.261 e. The first-order valence-electron chi connectivity index (χ1n) is 7.72. The van der Waals surface area contributed by atoms with Crippen LogP contribution in [-0.2, 0) is 4.74 Å². The van der Waals surface area contributed by atoms with E-state index in [1.807, 2.05) is 31.2 Å². The van der Waals surface area contributed by atoms with Crippen LogP contribution in [0.15, 0.2) is 41.5 Å². The van der Waals surface area contributed by atoms with E-state index in [-0.39, 0.29) is 11.6 Å². The lowest BCUT2D eigenvalue weighted by molar-refractivity contribution is 0.0685. The Morgan fingerprint density at radius 3 is 2.64 bits per heavy atom. The van der Waals surface area contributed by atoms with E-state index in [9.17, 15) is 4.79 Å². The standard InChI is InChI=1S/C18H18N2O2/c1-12-10-16-17(15-5-3-2-4-14(12)15)19-11-20(18(16)21)13-6-8-22-9-7-13/h2-5,10-11,13H,6-9H2,1H3. The maximum absolute atomic E-state index is 12.9. The van der Waals surface area contributed by atoms with Gasteiger partial charge in [-0.25, -0.2) is 4.98 Å². The third kappa shape index (κ3) is 2.03. The van der Waals surface area contributed by atoms with Gasteiger partial charge in [0.25, 0.3) is 5.56 Å². The van der Waals surface area contributed by atoms with Crippen molar-refractivity contribution < 1.29 is 4.74 Å². The first kappa shape index (κ1) is 13.5. The highest BCUT2D eigenvalue weighted by Crippen LogP contribution is 2.26. The molecule has 0 N–H and O–H groups in total. The van der Waals surface area contributed by atoms with Gasteiger partial charge in [0.15, 0.2) is 0 Å². The molecule has 0 atom stereocenters. The highest BCUT2D eigenvalue weighted by atomic mass is 16.5. The molecule has 0 spiro atoms. The van der Waals surface area contributed by atoms with Gasteiger partial charge < -0.3 is 4.74 Å². The number of benzene rings is 2. The molecule has 0 bridgehead atoms. The molecule has 1 aromatic heterocycles. The molecule has 0 aliphatic carbocycles. The summed E-state index contributed by atoms with van der Waals surface area (Å²) >= 11 is 0. The molecule has 22 heavy (non-hydrogen) atoms. The monoisotopic (exact) mass is 294 g/mol. The van der Waals surface area contributed by atoms with E-state index < -0.39 is 0 Å². The number of nitrogens with zero attached hydrogens (tertiary/aromatic N) is 2. The Balaban J connectivity index is 1.99. The van der Waals surface area contributed by atoms with Crippen molar-refractivity contribution >= 4 is 21.7 Å². The van der Waals surface area contributed by atoms with Gasteiger partial charge in [-0.2, -0.15) is 0 Å². The van der Waals surface area contributed by atoms with Crippen molar-refractivity contribution in [2.75, 3.05) is 13.2 Å². The molecule has 4 rings (SSSR count). The fourth-order valence-corrected chi connectivity index (χ4v) is 3.38. The van der Waals surface area contributed by atoms with Gasteiger partial charge in [-0.05, 0) is 36.8 Å². The van der Waals surface area contributed by atoms with Crippen molar-refractivity contribution in [1.82, 2.24) is 9.55 Å². The maximum Gasteiger partial charge on any atom is 0.261 e. The molecule has 2 aromatic carbocycles. The summed E-state index contributed by atoms with van der Waals surface area (Å²) in [5, 5.41) is 2.92. The van der Waals surface area contributed by atoms with E-state index >= 15 is 0 Å². The van der Waals surface area contributed by atoms with E-state index in [1.54, 1.807) is 10.9 Å². The van der Waals surface area contributed by atoms with Gasteiger partial charge in [0.05, 0.1) is 17.2 Å². The summed E-state index contributed by atoms with van der Waals surface area (Å²) in [6.07, 6.45) is 3.46. The quantitative estimate of drug-likeness (QED) is 0.647. The summed E-state index contributed by atoms with van der Waals surface area (Å²) in [6.45, 7) is 3.48. The molecule has 1 aliphatic heterocycles. The molecule has 4 heteroatoms. The van der Waals surface area contributed by atoms with Crippen LogP contribution in [-0.4, -0.2) is 22.8 Å². The average Bonchev–Trinajstić information content (AvgIpc) is 2.57. The fraction of sp³-hybridized carbons (Fsp3) is 0.333. The van der Waals surface area contributed by atoms with Gasteiger partial charge in [-0.3, -0.25) is 9.36 Å². The predicted molar refractivity (Wildman–Crippen MR) is 87.3 cm³/mol. The van der Waals surface area contributed by atoms with Gasteiger partial charge in [0, 0.05) is 24.6 Å². The van der Waals surface area contributed by atoms with Crippen LogP contribution in [0.4, 0.5) is 0 Å². The van der Waals surface area contributed by atoms with Crippen molar-refractivity contribution in [2.45, 2.75) is 25.8 Å². The number of ether oxygens (including phenoxy) is 1. The van der Waals surface area contributed by atoms with Gasteiger partial charge >= 0.3 is 0 Å². The SMILES string of the molecule is Cc1cc2c(=O)n(C3CCOCC3)cnc2c2ccccc12. The lowest BCUT2D eigenvalue weighted by Crippen LogP contribution is -2.29. The Kier molecular flexibility index (Phi) is 3.19. The lowest BCUT2D eigenvalue weighted by Gasteiger charge is -2.24. The molecule has 2 heterocycles. The molecular formula is C18H18N2O2. The molecule has 0 saturated carbocycles. The third-order valence-corrected chi connectivity index (χ3v) is 4.58. The first-order chi connectivity index (χ1) is 10.8. The second-order valence-corrected chi connectivity index (χ2v) is 5.94. The van der Waals surface area contributed by atoms with Crippen molar-refractivity contribution in [3.8, 4) is 0 Å². The summed E-state index contributed by atoms with van der Waals surface area (Å²) in [7, 11) is 0. The molecule has 0 amide bonds. The highest BCUT2D eigenvalue weighted by molar-refractivity contribution is 6.06. The second-order valence-electron chi connectivity index (χ2n) is 5.94. The van der Waals surface area contributed by atoms with Crippen molar-refractivity contribution in [3.63, 3.8) is 0 Å². The summed E-state index contributed by atoms with van der Waals surface area (Å²) in [5.41, 5.74) is 1.98. The number of aryl methyl sites for hydroxylation is 1. The molecular weight excluding hydrogens is 276 g/mol. The number of hydrogen-bond acceptors (Lipinski definition) is 3. The number of aromatic nitrogens is 2. The van der Waals surface area contributed by atoms with Crippen LogP contribution in [0.1, 0.15) is 24.4 Å². The van der Waals surface area contributed by atoms with E-state index in [2.05, 4.69) is 11.1 Å². The van der Waals surface area contributed by atoms with Gasteiger partial charge in [0.1, 0.15) is 0 Å². The Labute approximate surface area is 128 Å². The normalized spacial score (nSPS) is 16.4. The molecule has 1 saturated heterocycles.